The first-order valence-electron chi connectivity index (χ1n) is 11.6. The Labute approximate surface area is 217 Å². The molecule has 5 rings (SSSR count). The summed E-state index contributed by atoms with van der Waals surface area (Å²) < 4.78 is 3.03. The van der Waals surface area contributed by atoms with Crippen LogP contribution in [0.25, 0.3) is 33.3 Å². The van der Waals surface area contributed by atoms with Gasteiger partial charge in [-0.2, -0.15) is 5.10 Å². The number of para-hydroxylation sites is 1. The van der Waals surface area contributed by atoms with Crippen molar-refractivity contribution in [2.75, 3.05) is 0 Å². The third-order valence-electron chi connectivity index (χ3n) is 6.03. The molecule has 0 bridgehead atoms. The van der Waals surface area contributed by atoms with Crippen molar-refractivity contribution in [1.82, 2.24) is 9.99 Å². The van der Waals surface area contributed by atoms with Crippen LogP contribution in [0.5, 0.6) is 5.75 Å². The summed E-state index contributed by atoms with van der Waals surface area (Å²) in [5, 5.41) is 15.1. The maximum atomic E-state index is 12.7. The number of nitrogens with zero attached hydrogens (tertiary/aromatic N) is 2. The van der Waals surface area contributed by atoms with Crippen LogP contribution in [-0.4, -0.2) is 21.8 Å². The Morgan fingerprint density at radius 2 is 1.56 bits per heavy atom. The van der Waals surface area contributed by atoms with Gasteiger partial charge in [0.05, 0.1) is 11.9 Å². The number of amides is 1. The van der Waals surface area contributed by atoms with Gasteiger partial charge in [-0.25, -0.2) is 5.43 Å². The third-order valence-corrected chi connectivity index (χ3v) is 6.52. The van der Waals surface area contributed by atoms with Gasteiger partial charge in [0.2, 0.25) is 5.91 Å². The highest BCUT2D eigenvalue weighted by molar-refractivity contribution is 9.10. The molecule has 1 heterocycles. The van der Waals surface area contributed by atoms with Crippen LogP contribution in [0.3, 0.4) is 0 Å². The van der Waals surface area contributed by atoms with Crippen molar-refractivity contribution in [1.29, 1.82) is 0 Å². The van der Waals surface area contributed by atoms with Crippen LogP contribution < -0.4 is 5.43 Å². The summed E-state index contributed by atoms with van der Waals surface area (Å²) in [7, 11) is 0. The highest BCUT2D eigenvalue weighted by Crippen LogP contribution is 2.40. The molecule has 0 aliphatic carbocycles. The summed E-state index contributed by atoms with van der Waals surface area (Å²) in [6.07, 6.45) is 1.68. The lowest BCUT2D eigenvalue weighted by Crippen LogP contribution is -2.19. The molecule has 0 atom stereocenters. The van der Waals surface area contributed by atoms with Crippen LogP contribution >= 0.6 is 15.9 Å². The molecule has 5 aromatic rings. The van der Waals surface area contributed by atoms with E-state index in [1.165, 1.54) is 6.21 Å². The second kappa shape index (κ2) is 10.6. The van der Waals surface area contributed by atoms with Crippen LogP contribution in [0.2, 0.25) is 0 Å². The second-order valence-corrected chi connectivity index (χ2v) is 9.29. The van der Waals surface area contributed by atoms with Gasteiger partial charge in [-0.3, -0.25) is 4.79 Å². The summed E-state index contributed by atoms with van der Waals surface area (Å²) >= 11 is 3.37. The number of carbonyl (C=O) groups excluding carboxylic acids is 1. The molecule has 0 spiro atoms. The van der Waals surface area contributed by atoms with Gasteiger partial charge >= 0.3 is 0 Å². The number of hydrogen-bond donors (Lipinski definition) is 2. The molecule has 178 valence electrons. The first-order chi connectivity index (χ1) is 17.6. The highest BCUT2D eigenvalue weighted by Gasteiger charge is 2.20. The number of carbonyl (C=O) groups is 1. The van der Waals surface area contributed by atoms with E-state index >= 15 is 0 Å². The maximum absolute atomic E-state index is 12.7. The fourth-order valence-electron chi connectivity index (χ4n) is 4.40. The SMILES string of the molecule is O=C(CCn1c(-c2ccccc2)c(-c2ccccc2)c2ccccc21)N/N=C\c1cc(Br)ccc1O. The molecule has 0 radical (unpaired) electrons. The number of aryl methyl sites for hydroxylation is 1. The summed E-state index contributed by atoms with van der Waals surface area (Å²) in [5.41, 5.74) is 8.64. The average Bonchev–Trinajstić information content (AvgIpc) is 3.25. The van der Waals surface area contributed by atoms with Crippen molar-refractivity contribution in [2.24, 2.45) is 5.10 Å². The van der Waals surface area contributed by atoms with Crippen LogP contribution in [0.15, 0.2) is 113 Å². The summed E-state index contributed by atoms with van der Waals surface area (Å²) in [5.74, 6) is -0.116. The molecule has 5 nitrogen and oxygen atoms in total. The van der Waals surface area contributed by atoms with Crippen LogP contribution in [0, 0.1) is 0 Å². The van der Waals surface area contributed by atoms with Gasteiger partial charge in [-0.05, 0) is 35.4 Å². The summed E-state index contributed by atoms with van der Waals surface area (Å²) in [6.45, 7) is 0.487. The monoisotopic (exact) mass is 537 g/mol. The van der Waals surface area contributed by atoms with Gasteiger partial charge in [0, 0.05) is 39.5 Å². The highest BCUT2D eigenvalue weighted by atomic mass is 79.9. The molecule has 0 saturated carbocycles. The van der Waals surface area contributed by atoms with Crippen LogP contribution in [-0.2, 0) is 11.3 Å². The molecule has 0 aliphatic heterocycles. The Morgan fingerprint density at radius 1 is 0.889 bits per heavy atom. The van der Waals surface area contributed by atoms with Gasteiger partial charge < -0.3 is 9.67 Å². The molecular formula is C30H24BrN3O2. The molecule has 4 aromatic carbocycles. The fourth-order valence-corrected chi connectivity index (χ4v) is 4.78. The molecule has 36 heavy (non-hydrogen) atoms. The minimum Gasteiger partial charge on any atom is -0.507 e. The lowest BCUT2D eigenvalue weighted by molar-refractivity contribution is -0.121. The van der Waals surface area contributed by atoms with Gasteiger partial charge in [0.25, 0.3) is 0 Å². The smallest absolute Gasteiger partial charge is 0.241 e. The predicted octanol–water partition coefficient (Wildman–Crippen LogP) is 6.98. The molecule has 1 amide bonds. The van der Waals surface area contributed by atoms with E-state index in [4.69, 9.17) is 0 Å². The zero-order valence-electron chi connectivity index (χ0n) is 19.4. The molecule has 1 aromatic heterocycles. The van der Waals surface area contributed by atoms with E-state index in [1.807, 2.05) is 48.5 Å². The van der Waals surface area contributed by atoms with Crippen molar-refractivity contribution in [3.8, 4) is 28.1 Å². The number of fused-ring (bicyclic) bond motifs is 1. The van der Waals surface area contributed by atoms with E-state index in [9.17, 15) is 9.90 Å². The van der Waals surface area contributed by atoms with Gasteiger partial charge in [-0.1, -0.05) is 94.8 Å². The lowest BCUT2D eigenvalue weighted by atomic mass is 9.98. The van der Waals surface area contributed by atoms with Gasteiger partial charge in [0.1, 0.15) is 5.75 Å². The van der Waals surface area contributed by atoms with Crippen LogP contribution in [0.4, 0.5) is 0 Å². The van der Waals surface area contributed by atoms with Crippen LogP contribution in [0.1, 0.15) is 12.0 Å². The normalized spacial score (nSPS) is 11.2. The average molecular weight is 538 g/mol. The molecule has 0 saturated heterocycles. The van der Waals surface area contributed by atoms with Crippen molar-refractivity contribution in [3.63, 3.8) is 0 Å². The molecule has 2 N–H and O–H groups in total. The van der Waals surface area contributed by atoms with Crippen molar-refractivity contribution < 1.29 is 9.90 Å². The van der Waals surface area contributed by atoms with Crippen molar-refractivity contribution in [3.05, 3.63) is 113 Å². The molecule has 0 unspecified atom stereocenters. The van der Waals surface area contributed by atoms with Gasteiger partial charge in [-0.15, -0.1) is 0 Å². The largest absolute Gasteiger partial charge is 0.507 e. The Bertz CT molecular complexity index is 1540. The maximum Gasteiger partial charge on any atom is 0.241 e. The number of hydrogen-bond acceptors (Lipinski definition) is 3. The first kappa shape index (κ1) is 23.6. The van der Waals surface area contributed by atoms with E-state index in [2.05, 4.69) is 67.4 Å². The van der Waals surface area contributed by atoms with E-state index in [-0.39, 0.29) is 18.1 Å². The first-order valence-corrected chi connectivity index (χ1v) is 12.4. The number of aromatic nitrogens is 1. The zero-order chi connectivity index (χ0) is 24.9. The number of nitrogens with one attached hydrogen (secondary N) is 1. The Morgan fingerprint density at radius 3 is 2.31 bits per heavy atom. The minimum absolute atomic E-state index is 0.0935. The standard InChI is InChI=1S/C30H24BrN3O2/c31-24-15-16-27(35)23(19-24)20-32-33-28(36)17-18-34-26-14-8-7-13-25(26)29(21-9-3-1-4-10-21)30(34)22-11-5-2-6-12-22/h1-16,19-20,35H,17-18H2,(H,33,36)/b32-20-. The lowest BCUT2D eigenvalue weighted by Gasteiger charge is -2.13. The Kier molecular flexibility index (Phi) is 6.96. The number of halogens is 1. The number of aromatic hydroxyl groups is 1. The van der Waals surface area contributed by atoms with E-state index in [1.54, 1.807) is 18.2 Å². The summed E-state index contributed by atoms with van der Waals surface area (Å²) in [6, 6.07) is 34.0. The zero-order valence-corrected chi connectivity index (χ0v) is 21.0. The van der Waals surface area contributed by atoms with Gasteiger partial charge in [0.15, 0.2) is 0 Å². The molecular weight excluding hydrogens is 514 g/mol. The number of hydrazone groups is 1. The number of rotatable bonds is 7. The number of benzene rings is 4. The topological polar surface area (TPSA) is 66.6 Å². The molecule has 6 heteroatoms. The fraction of sp³-hybridized carbons (Fsp3) is 0.0667. The second-order valence-electron chi connectivity index (χ2n) is 8.37. The number of phenols is 1. The minimum atomic E-state index is -0.209. The Hall–Kier alpha value is -4.16. The van der Waals surface area contributed by atoms with Crippen molar-refractivity contribution >= 4 is 39.0 Å². The van der Waals surface area contributed by atoms with Crippen molar-refractivity contribution in [2.45, 2.75) is 13.0 Å². The Balaban J connectivity index is 1.47. The molecule has 0 aliphatic rings. The summed E-state index contributed by atoms with van der Waals surface area (Å²) in [4.78, 5) is 12.7. The number of phenolic OH excluding ortho intramolecular Hbond substituents is 1. The van der Waals surface area contributed by atoms with E-state index in [0.29, 0.717) is 12.1 Å². The third kappa shape index (κ3) is 4.95. The molecule has 0 fully saturated rings. The quantitative estimate of drug-likeness (QED) is 0.173. The van der Waals surface area contributed by atoms with E-state index < -0.39 is 0 Å². The van der Waals surface area contributed by atoms with E-state index in [0.717, 1.165) is 37.8 Å². The predicted molar refractivity (Wildman–Crippen MR) is 149 cm³/mol.